The summed E-state index contributed by atoms with van der Waals surface area (Å²) in [5, 5.41) is 1.85. The minimum atomic E-state index is -0.532. The molecule has 0 aliphatic carbocycles. The summed E-state index contributed by atoms with van der Waals surface area (Å²) in [7, 11) is 0. The van der Waals surface area contributed by atoms with Crippen molar-refractivity contribution in [1.82, 2.24) is 9.97 Å². The quantitative estimate of drug-likeness (QED) is 0.833. The van der Waals surface area contributed by atoms with Crippen LogP contribution >= 0.6 is 23.7 Å². The lowest BCUT2D eigenvalue weighted by Gasteiger charge is -2.03. The Hall–Kier alpha value is -1.40. The summed E-state index contributed by atoms with van der Waals surface area (Å²) in [6, 6.07) is 1.79. The Labute approximate surface area is 102 Å². The maximum atomic E-state index is 11.4. The van der Waals surface area contributed by atoms with Crippen molar-refractivity contribution in [3.63, 3.8) is 0 Å². The summed E-state index contributed by atoms with van der Waals surface area (Å²) in [6.07, 6.45) is 0. The van der Waals surface area contributed by atoms with Crippen molar-refractivity contribution in [3.05, 3.63) is 17.1 Å². The highest BCUT2D eigenvalue weighted by Gasteiger charge is 2.15. The highest BCUT2D eigenvalue weighted by Crippen LogP contribution is 2.19. The zero-order chi connectivity index (χ0) is 10.8. The summed E-state index contributed by atoms with van der Waals surface area (Å²) in [5.41, 5.74) is 6.36. The number of nitrogen functional groups attached to an aromatic ring is 1. The normalized spacial score (nSPS) is 9.81. The zero-order valence-corrected chi connectivity index (χ0v) is 10.1. The second-order valence-corrected chi connectivity index (χ2v) is 3.68. The van der Waals surface area contributed by atoms with E-state index in [9.17, 15) is 4.79 Å². The summed E-state index contributed by atoms with van der Waals surface area (Å²) in [5.74, 6) is -0.418. The predicted octanol–water partition coefficient (Wildman–Crippen LogP) is 1.87. The molecule has 2 aromatic heterocycles. The van der Waals surface area contributed by atoms with Gasteiger partial charge in [0.1, 0.15) is 10.3 Å². The van der Waals surface area contributed by atoms with E-state index in [0.29, 0.717) is 12.1 Å². The molecule has 2 rings (SSSR count). The number of aromatic nitrogens is 2. The molecule has 2 aromatic rings. The van der Waals surface area contributed by atoms with Gasteiger partial charge in [0.05, 0.1) is 6.61 Å². The smallest absolute Gasteiger partial charge is 0.360 e. The van der Waals surface area contributed by atoms with Gasteiger partial charge in [-0.2, -0.15) is 0 Å². The number of ether oxygens (including phenoxy) is 1. The van der Waals surface area contributed by atoms with E-state index >= 15 is 0 Å². The first-order valence-corrected chi connectivity index (χ1v) is 5.28. The standard InChI is InChI=1S/C9H9N3O2S.ClH/c1-2-14-9(13)6-7(10)12-8-5(11-6)3-4-15-8;/h3-4H,2H2,1H3,(H2,10,12);1H. The van der Waals surface area contributed by atoms with Crippen LogP contribution in [0.5, 0.6) is 0 Å². The Morgan fingerprint density at radius 3 is 3.00 bits per heavy atom. The number of esters is 1. The molecule has 0 aliphatic rings. The lowest BCUT2D eigenvalue weighted by atomic mass is 10.4. The van der Waals surface area contributed by atoms with E-state index in [1.807, 2.05) is 5.38 Å². The molecule has 5 nitrogen and oxygen atoms in total. The molecule has 0 atom stereocenters. The number of carbonyl (C=O) groups is 1. The fourth-order valence-electron chi connectivity index (χ4n) is 1.15. The number of nitrogens with zero attached hydrogens (tertiary/aromatic N) is 2. The van der Waals surface area contributed by atoms with Crippen molar-refractivity contribution >= 4 is 45.9 Å². The van der Waals surface area contributed by atoms with Gasteiger partial charge in [0.2, 0.25) is 0 Å². The van der Waals surface area contributed by atoms with Gasteiger partial charge in [-0.3, -0.25) is 0 Å². The monoisotopic (exact) mass is 259 g/mol. The molecule has 7 heteroatoms. The minimum Gasteiger partial charge on any atom is -0.461 e. The Balaban J connectivity index is 0.00000128. The molecule has 86 valence electrons. The van der Waals surface area contributed by atoms with Gasteiger partial charge in [-0.1, -0.05) is 0 Å². The molecule has 0 fully saturated rings. The van der Waals surface area contributed by atoms with Crippen LogP contribution in [-0.2, 0) is 4.74 Å². The third-order valence-corrected chi connectivity index (χ3v) is 2.59. The van der Waals surface area contributed by atoms with Crippen LogP contribution in [0.25, 0.3) is 10.3 Å². The first kappa shape index (κ1) is 12.7. The van der Waals surface area contributed by atoms with Gasteiger partial charge in [0.15, 0.2) is 11.5 Å². The summed E-state index contributed by atoms with van der Waals surface area (Å²) < 4.78 is 4.82. The molecule has 0 saturated carbocycles. The average Bonchev–Trinajstić information content (AvgIpc) is 2.63. The van der Waals surface area contributed by atoms with Crippen LogP contribution in [0.3, 0.4) is 0 Å². The van der Waals surface area contributed by atoms with Crippen LogP contribution in [0.4, 0.5) is 5.82 Å². The van der Waals surface area contributed by atoms with Crippen LogP contribution in [0, 0.1) is 0 Å². The molecule has 0 aromatic carbocycles. The number of carbonyl (C=O) groups excluding carboxylic acids is 1. The number of nitrogens with two attached hydrogens (primary N) is 1. The molecule has 16 heavy (non-hydrogen) atoms. The average molecular weight is 260 g/mol. The van der Waals surface area contributed by atoms with Crippen molar-refractivity contribution in [2.24, 2.45) is 0 Å². The van der Waals surface area contributed by atoms with Crippen LogP contribution < -0.4 is 5.73 Å². The highest BCUT2D eigenvalue weighted by atomic mass is 35.5. The summed E-state index contributed by atoms with van der Waals surface area (Å²) >= 11 is 1.43. The second kappa shape index (κ2) is 5.09. The molecule has 0 spiro atoms. The molecule has 0 saturated heterocycles. The van der Waals surface area contributed by atoms with Crippen molar-refractivity contribution in [2.45, 2.75) is 6.92 Å². The number of anilines is 1. The SMILES string of the molecule is CCOC(=O)c1nc2ccsc2nc1N.Cl. The fourth-order valence-corrected chi connectivity index (χ4v) is 1.86. The molecule has 0 amide bonds. The molecule has 2 N–H and O–H groups in total. The number of thiophene rings is 1. The number of fused-ring (bicyclic) bond motifs is 1. The van der Waals surface area contributed by atoms with Gasteiger partial charge >= 0.3 is 5.97 Å². The van der Waals surface area contributed by atoms with E-state index in [1.54, 1.807) is 13.0 Å². The Bertz CT molecular complexity index is 514. The van der Waals surface area contributed by atoms with Gasteiger partial charge in [0, 0.05) is 0 Å². The van der Waals surface area contributed by atoms with Gasteiger partial charge in [0.25, 0.3) is 0 Å². The lowest BCUT2D eigenvalue weighted by molar-refractivity contribution is 0.0521. The maximum Gasteiger partial charge on any atom is 0.360 e. The van der Waals surface area contributed by atoms with Crippen LogP contribution in [0.1, 0.15) is 17.4 Å². The largest absolute Gasteiger partial charge is 0.461 e. The third kappa shape index (κ3) is 2.23. The predicted molar refractivity (Wildman–Crippen MR) is 65.0 cm³/mol. The zero-order valence-electron chi connectivity index (χ0n) is 8.47. The highest BCUT2D eigenvalue weighted by molar-refractivity contribution is 7.16. The van der Waals surface area contributed by atoms with E-state index < -0.39 is 5.97 Å². The molecule has 0 bridgehead atoms. The van der Waals surface area contributed by atoms with Crippen molar-refractivity contribution in [1.29, 1.82) is 0 Å². The van der Waals surface area contributed by atoms with E-state index in [-0.39, 0.29) is 23.9 Å². The Morgan fingerprint density at radius 1 is 1.56 bits per heavy atom. The van der Waals surface area contributed by atoms with E-state index in [4.69, 9.17) is 10.5 Å². The van der Waals surface area contributed by atoms with Gasteiger partial charge < -0.3 is 10.5 Å². The molecular formula is C9H10ClN3O2S. The Kier molecular flexibility index (Phi) is 4.03. The first-order chi connectivity index (χ1) is 7.22. The van der Waals surface area contributed by atoms with Gasteiger partial charge in [-0.25, -0.2) is 14.8 Å². The fraction of sp³-hybridized carbons (Fsp3) is 0.222. The van der Waals surface area contributed by atoms with Gasteiger partial charge in [-0.05, 0) is 18.4 Å². The molecule has 0 unspecified atom stereocenters. The molecule has 2 heterocycles. The number of hydrogen-bond donors (Lipinski definition) is 1. The molecule has 0 aliphatic heterocycles. The van der Waals surface area contributed by atoms with E-state index in [1.165, 1.54) is 11.3 Å². The second-order valence-electron chi connectivity index (χ2n) is 2.79. The Morgan fingerprint density at radius 2 is 2.31 bits per heavy atom. The third-order valence-electron chi connectivity index (χ3n) is 1.79. The number of halogens is 1. The van der Waals surface area contributed by atoms with Gasteiger partial charge in [-0.15, -0.1) is 23.7 Å². The first-order valence-electron chi connectivity index (χ1n) is 4.40. The summed E-state index contributed by atoms with van der Waals surface area (Å²) in [6.45, 7) is 2.02. The van der Waals surface area contributed by atoms with Crippen LogP contribution in [-0.4, -0.2) is 22.5 Å². The maximum absolute atomic E-state index is 11.4. The van der Waals surface area contributed by atoms with Crippen molar-refractivity contribution in [3.8, 4) is 0 Å². The molecule has 0 radical (unpaired) electrons. The van der Waals surface area contributed by atoms with Crippen molar-refractivity contribution in [2.75, 3.05) is 12.3 Å². The van der Waals surface area contributed by atoms with Crippen molar-refractivity contribution < 1.29 is 9.53 Å². The topological polar surface area (TPSA) is 78.1 Å². The van der Waals surface area contributed by atoms with E-state index in [2.05, 4.69) is 9.97 Å². The lowest BCUT2D eigenvalue weighted by Crippen LogP contribution is -2.11. The van der Waals surface area contributed by atoms with Crippen LogP contribution in [0.15, 0.2) is 11.4 Å². The van der Waals surface area contributed by atoms with Crippen LogP contribution in [0.2, 0.25) is 0 Å². The summed E-state index contributed by atoms with van der Waals surface area (Å²) in [4.78, 5) is 20.3. The van der Waals surface area contributed by atoms with E-state index in [0.717, 1.165) is 4.83 Å². The number of hydrogen-bond acceptors (Lipinski definition) is 6. The number of rotatable bonds is 2. The minimum absolute atomic E-state index is 0. The molecular weight excluding hydrogens is 250 g/mol.